The van der Waals surface area contributed by atoms with Gasteiger partial charge in [0.25, 0.3) is 0 Å². The minimum absolute atomic E-state index is 0.136. The zero-order chi connectivity index (χ0) is 14.7. The Hall–Kier alpha value is -1.35. The summed E-state index contributed by atoms with van der Waals surface area (Å²) < 4.78 is 0. The number of benzene rings is 1. The second-order valence-corrected chi connectivity index (χ2v) is 6.19. The third-order valence-corrected chi connectivity index (χ3v) is 4.50. The van der Waals surface area contributed by atoms with Gasteiger partial charge in [-0.2, -0.15) is 0 Å². The van der Waals surface area contributed by atoms with Crippen LogP contribution in [0.15, 0.2) is 18.2 Å². The predicted octanol–water partition coefficient (Wildman–Crippen LogP) is 3.51. The summed E-state index contributed by atoms with van der Waals surface area (Å²) in [5.41, 5.74) is 3.58. The lowest BCUT2D eigenvalue weighted by atomic mass is 9.85. The molecule has 1 aromatic carbocycles. The van der Waals surface area contributed by atoms with Crippen LogP contribution in [-0.4, -0.2) is 13.0 Å². The molecule has 0 spiro atoms. The molecule has 0 radical (unpaired) electrons. The van der Waals surface area contributed by atoms with Crippen molar-refractivity contribution in [2.45, 2.75) is 46.1 Å². The molecule has 1 aliphatic heterocycles. The third-order valence-electron chi connectivity index (χ3n) is 4.50. The van der Waals surface area contributed by atoms with Crippen LogP contribution in [0, 0.1) is 11.8 Å². The van der Waals surface area contributed by atoms with Crippen molar-refractivity contribution in [2.24, 2.45) is 11.8 Å². The maximum Gasteiger partial charge on any atom is 0.224 e. The van der Waals surface area contributed by atoms with Crippen molar-refractivity contribution >= 4 is 11.6 Å². The first kappa shape index (κ1) is 15.0. The molecular formula is C17H26N2O. The fraction of sp³-hybridized carbons (Fsp3) is 0.588. The van der Waals surface area contributed by atoms with Crippen molar-refractivity contribution in [3.05, 3.63) is 29.3 Å². The van der Waals surface area contributed by atoms with Gasteiger partial charge in [0.15, 0.2) is 0 Å². The summed E-state index contributed by atoms with van der Waals surface area (Å²) in [5.74, 6) is 1.33. The Morgan fingerprint density at radius 1 is 1.20 bits per heavy atom. The first-order chi connectivity index (χ1) is 9.52. The zero-order valence-corrected chi connectivity index (χ0v) is 13.0. The first-order valence-electron chi connectivity index (χ1n) is 7.63. The number of fused-ring (bicyclic) bond motifs is 1. The summed E-state index contributed by atoms with van der Waals surface area (Å²) >= 11 is 0. The lowest BCUT2D eigenvalue weighted by Gasteiger charge is -2.27. The summed E-state index contributed by atoms with van der Waals surface area (Å²) in [6, 6.07) is 6.83. The zero-order valence-electron chi connectivity index (χ0n) is 13.0. The summed E-state index contributed by atoms with van der Waals surface area (Å²) in [6.45, 7) is 6.82. The minimum Gasteiger partial charge on any atom is -0.326 e. The summed E-state index contributed by atoms with van der Waals surface area (Å²) in [7, 11) is 2.02. The van der Waals surface area contributed by atoms with E-state index in [1.54, 1.807) is 0 Å². The molecule has 0 aliphatic carbocycles. The van der Waals surface area contributed by atoms with Crippen LogP contribution in [0.4, 0.5) is 5.69 Å². The molecule has 0 aromatic heterocycles. The Balaban J connectivity index is 2.29. The highest BCUT2D eigenvalue weighted by molar-refractivity contribution is 5.92. The molecule has 2 unspecified atom stereocenters. The van der Waals surface area contributed by atoms with E-state index in [1.165, 1.54) is 11.1 Å². The van der Waals surface area contributed by atoms with E-state index in [1.807, 2.05) is 7.05 Å². The van der Waals surface area contributed by atoms with Crippen LogP contribution < -0.4 is 10.6 Å². The van der Waals surface area contributed by atoms with Crippen molar-refractivity contribution in [1.82, 2.24) is 5.32 Å². The van der Waals surface area contributed by atoms with Crippen molar-refractivity contribution in [1.29, 1.82) is 0 Å². The molecule has 3 heteroatoms. The van der Waals surface area contributed by atoms with E-state index >= 15 is 0 Å². The fourth-order valence-electron chi connectivity index (χ4n) is 2.91. The fourth-order valence-corrected chi connectivity index (χ4v) is 2.91. The Bertz CT molecular complexity index is 482. The van der Waals surface area contributed by atoms with Gasteiger partial charge in [0.1, 0.15) is 0 Å². The number of rotatable bonds is 4. The van der Waals surface area contributed by atoms with E-state index in [0.29, 0.717) is 24.3 Å². The third kappa shape index (κ3) is 3.21. The molecule has 1 aliphatic rings. The number of amides is 1. The van der Waals surface area contributed by atoms with Crippen molar-refractivity contribution in [3.63, 3.8) is 0 Å². The molecule has 110 valence electrons. The second kappa shape index (κ2) is 6.40. The van der Waals surface area contributed by atoms with Crippen LogP contribution in [0.5, 0.6) is 0 Å². The smallest absolute Gasteiger partial charge is 0.224 e. The van der Waals surface area contributed by atoms with Gasteiger partial charge >= 0.3 is 0 Å². The number of carbonyl (C=O) groups excluding carboxylic acids is 1. The SMILES string of the molecule is CNC(c1ccc2c(c1)CCCC(=O)N2)C(C)C(C)C. The number of anilines is 1. The Labute approximate surface area is 122 Å². The van der Waals surface area contributed by atoms with E-state index in [-0.39, 0.29) is 5.91 Å². The van der Waals surface area contributed by atoms with Crippen LogP contribution in [0.2, 0.25) is 0 Å². The summed E-state index contributed by atoms with van der Waals surface area (Å²) in [5, 5.41) is 6.44. The van der Waals surface area contributed by atoms with Gasteiger partial charge in [0.05, 0.1) is 0 Å². The van der Waals surface area contributed by atoms with Crippen LogP contribution in [0.25, 0.3) is 0 Å². The molecule has 2 atom stereocenters. The molecule has 1 amide bonds. The average Bonchev–Trinajstić information content (AvgIpc) is 2.59. The minimum atomic E-state index is 0.136. The predicted molar refractivity (Wildman–Crippen MR) is 83.8 cm³/mol. The van der Waals surface area contributed by atoms with E-state index in [2.05, 4.69) is 49.6 Å². The van der Waals surface area contributed by atoms with Gasteiger partial charge in [0.2, 0.25) is 5.91 Å². The quantitative estimate of drug-likeness (QED) is 0.882. The van der Waals surface area contributed by atoms with Gasteiger partial charge in [-0.25, -0.2) is 0 Å². The van der Waals surface area contributed by atoms with Crippen LogP contribution >= 0.6 is 0 Å². The van der Waals surface area contributed by atoms with Gasteiger partial charge < -0.3 is 10.6 Å². The molecule has 3 nitrogen and oxygen atoms in total. The lowest BCUT2D eigenvalue weighted by molar-refractivity contribution is -0.116. The van der Waals surface area contributed by atoms with Crippen molar-refractivity contribution in [3.8, 4) is 0 Å². The normalized spacial score (nSPS) is 18.1. The number of hydrogen-bond acceptors (Lipinski definition) is 2. The maximum absolute atomic E-state index is 11.6. The molecule has 1 heterocycles. The van der Waals surface area contributed by atoms with E-state index in [9.17, 15) is 4.79 Å². The topological polar surface area (TPSA) is 41.1 Å². The lowest BCUT2D eigenvalue weighted by Crippen LogP contribution is -2.26. The molecule has 2 N–H and O–H groups in total. The first-order valence-corrected chi connectivity index (χ1v) is 7.63. The average molecular weight is 274 g/mol. The van der Waals surface area contributed by atoms with Crippen molar-refractivity contribution in [2.75, 3.05) is 12.4 Å². The maximum atomic E-state index is 11.6. The molecule has 0 bridgehead atoms. The van der Waals surface area contributed by atoms with E-state index in [4.69, 9.17) is 0 Å². The molecular weight excluding hydrogens is 248 g/mol. The Morgan fingerprint density at radius 2 is 1.95 bits per heavy atom. The molecule has 20 heavy (non-hydrogen) atoms. The molecule has 0 saturated carbocycles. The van der Waals surface area contributed by atoms with Gasteiger partial charge in [-0.05, 0) is 48.9 Å². The second-order valence-electron chi connectivity index (χ2n) is 6.19. The molecule has 0 fully saturated rings. The van der Waals surface area contributed by atoms with E-state index < -0.39 is 0 Å². The standard InChI is InChI=1S/C17H26N2O/c1-11(2)12(3)17(18-4)14-8-9-15-13(10-14)6-5-7-16(20)19-15/h8-12,17-18H,5-7H2,1-4H3,(H,19,20). The van der Waals surface area contributed by atoms with Gasteiger partial charge in [-0.3, -0.25) is 4.79 Å². The largest absolute Gasteiger partial charge is 0.326 e. The number of nitrogens with one attached hydrogen (secondary N) is 2. The number of aryl methyl sites for hydroxylation is 1. The van der Waals surface area contributed by atoms with Crippen LogP contribution in [0.1, 0.15) is 50.8 Å². The Morgan fingerprint density at radius 3 is 2.60 bits per heavy atom. The Kier molecular flexibility index (Phi) is 4.81. The number of hydrogen-bond donors (Lipinski definition) is 2. The van der Waals surface area contributed by atoms with Gasteiger partial charge in [-0.1, -0.05) is 32.9 Å². The van der Waals surface area contributed by atoms with Crippen LogP contribution in [-0.2, 0) is 11.2 Å². The van der Waals surface area contributed by atoms with Gasteiger partial charge in [0, 0.05) is 18.2 Å². The van der Waals surface area contributed by atoms with Gasteiger partial charge in [-0.15, -0.1) is 0 Å². The monoisotopic (exact) mass is 274 g/mol. The highest BCUT2D eigenvalue weighted by atomic mass is 16.1. The van der Waals surface area contributed by atoms with E-state index in [0.717, 1.165) is 18.5 Å². The summed E-state index contributed by atoms with van der Waals surface area (Å²) in [6.07, 6.45) is 2.54. The van der Waals surface area contributed by atoms with Crippen LogP contribution in [0.3, 0.4) is 0 Å². The molecule has 2 rings (SSSR count). The molecule has 1 aromatic rings. The highest BCUT2D eigenvalue weighted by Crippen LogP contribution is 2.31. The van der Waals surface area contributed by atoms with Crippen molar-refractivity contribution < 1.29 is 4.79 Å². The summed E-state index contributed by atoms with van der Waals surface area (Å²) in [4.78, 5) is 11.6. The number of carbonyl (C=O) groups is 1. The molecule has 0 saturated heterocycles. The highest BCUT2D eigenvalue weighted by Gasteiger charge is 2.22.